The highest BCUT2D eigenvalue weighted by Gasteiger charge is 2.19. The lowest BCUT2D eigenvalue weighted by Gasteiger charge is -2.08. The molecule has 0 aliphatic carbocycles. The van der Waals surface area contributed by atoms with Gasteiger partial charge in [-0.3, -0.25) is 4.72 Å². The standard InChI is InChI=1S/C11H6Cl2N4O2S/c12-8-2-1-7(4-14)3-9(8)20(18,19)17-11-6-15-10(13)5-16-11/h1-3,5-6H,(H,16,17). The molecule has 2 rings (SSSR count). The third kappa shape index (κ3) is 3.17. The summed E-state index contributed by atoms with van der Waals surface area (Å²) in [6, 6.07) is 5.77. The minimum atomic E-state index is -3.97. The summed E-state index contributed by atoms with van der Waals surface area (Å²) in [6.07, 6.45) is 2.37. The van der Waals surface area contributed by atoms with Gasteiger partial charge in [0.1, 0.15) is 10.0 Å². The number of nitrogens with one attached hydrogen (secondary N) is 1. The Morgan fingerprint density at radius 3 is 2.55 bits per heavy atom. The lowest BCUT2D eigenvalue weighted by atomic mass is 10.2. The number of nitriles is 1. The summed E-state index contributed by atoms with van der Waals surface area (Å²) in [7, 11) is -3.97. The van der Waals surface area contributed by atoms with E-state index >= 15 is 0 Å². The first-order chi connectivity index (χ1) is 9.42. The number of benzene rings is 1. The Balaban J connectivity index is 2.40. The fourth-order valence-electron chi connectivity index (χ4n) is 1.34. The van der Waals surface area contributed by atoms with Crippen LogP contribution >= 0.6 is 23.2 Å². The largest absolute Gasteiger partial charge is 0.264 e. The van der Waals surface area contributed by atoms with E-state index in [9.17, 15) is 8.42 Å². The minimum Gasteiger partial charge on any atom is -0.262 e. The normalized spacial score (nSPS) is 10.8. The van der Waals surface area contributed by atoms with Crippen LogP contribution in [0.4, 0.5) is 5.82 Å². The van der Waals surface area contributed by atoms with Crippen molar-refractivity contribution in [3.63, 3.8) is 0 Å². The second-order valence-corrected chi connectivity index (χ2v) is 6.03. The van der Waals surface area contributed by atoms with E-state index in [2.05, 4.69) is 14.7 Å². The topological polar surface area (TPSA) is 95.7 Å². The highest BCUT2D eigenvalue weighted by atomic mass is 35.5. The molecule has 0 unspecified atom stereocenters. The Morgan fingerprint density at radius 1 is 1.20 bits per heavy atom. The molecule has 0 radical (unpaired) electrons. The fourth-order valence-corrected chi connectivity index (χ4v) is 2.95. The predicted molar refractivity (Wildman–Crippen MR) is 74.0 cm³/mol. The van der Waals surface area contributed by atoms with E-state index in [-0.39, 0.29) is 26.5 Å². The number of rotatable bonds is 3. The molecule has 0 atom stereocenters. The Hall–Kier alpha value is -1.88. The van der Waals surface area contributed by atoms with Crippen LogP contribution in [0.1, 0.15) is 5.56 Å². The van der Waals surface area contributed by atoms with Gasteiger partial charge in [0, 0.05) is 0 Å². The van der Waals surface area contributed by atoms with E-state index in [0.717, 1.165) is 0 Å². The maximum Gasteiger partial charge on any atom is 0.264 e. The summed E-state index contributed by atoms with van der Waals surface area (Å²) in [4.78, 5) is 7.26. The third-order valence-electron chi connectivity index (χ3n) is 2.21. The summed E-state index contributed by atoms with van der Waals surface area (Å²) < 4.78 is 26.5. The molecule has 1 heterocycles. The molecule has 0 bridgehead atoms. The fraction of sp³-hybridized carbons (Fsp3) is 0. The molecule has 1 aromatic heterocycles. The Kier molecular flexibility index (Phi) is 4.09. The van der Waals surface area contributed by atoms with Crippen LogP contribution in [0.3, 0.4) is 0 Å². The number of hydrogen-bond donors (Lipinski definition) is 1. The van der Waals surface area contributed by atoms with Gasteiger partial charge in [-0.25, -0.2) is 18.4 Å². The number of sulfonamides is 1. The van der Waals surface area contributed by atoms with Crippen LogP contribution in [-0.2, 0) is 10.0 Å². The first kappa shape index (κ1) is 14.5. The van der Waals surface area contributed by atoms with Gasteiger partial charge in [-0.2, -0.15) is 5.26 Å². The van der Waals surface area contributed by atoms with Gasteiger partial charge in [-0.15, -0.1) is 0 Å². The van der Waals surface area contributed by atoms with E-state index in [1.165, 1.54) is 30.6 Å². The van der Waals surface area contributed by atoms with Gasteiger partial charge in [-0.1, -0.05) is 23.2 Å². The van der Waals surface area contributed by atoms with Crippen molar-refractivity contribution in [2.45, 2.75) is 4.90 Å². The molecule has 20 heavy (non-hydrogen) atoms. The molecule has 6 nitrogen and oxygen atoms in total. The van der Waals surface area contributed by atoms with Crippen LogP contribution in [0.15, 0.2) is 35.5 Å². The summed E-state index contributed by atoms with van der Waals surface area (Å²) in [5.41, 5.74) is 0.178. The molecule has 0 amide bonds. The summed E-state index contributed by atoms with van der Waals surface area (Å²) in [5.74, 6) is -0.00664. The van der Waals surface area contributed by atoms with Gasteiger partial charge in [-0.05, 0) is 18.2 Å². The average Bonchev–Trinajstić information content (AvgIpc) is 2.41. The molecule has 0 spiro atoms. The van der Waals surface area contributed by atoms with Crippen LogP contribution in [0, 0.1) is 11.3 Å². The van der Waals surface area contributed by atoms with Crippen LogP contribution in [0.25, 0.3) is 0 Å². The molecule has 0 saturated heterocycles. The van der Waals surface area contributed by atoms with Crippen molar-refractivity contribution in [1.29, 1.82) is 5.26 Å². The van der Waals surface area contributed by atoms with Crippen molar-refractivity contribution < 1.29 is 8.42 Å². The molecular formula is C11H6Cl2N4O2S. The predicted octanol–water partition coefficient (Wildman–Crippen LogP) is 2.46. The van der Waals surface area contributed by atoms with Crippen LogP contribution in [0.5, 0.6) is 0 Å². The van der Waals surface area contributed by atoms with Gasteiger partial charge in [0.2, 0.25) is 0 Å². The van der Waals surface area contributed by atoms with Gasteiger partial charge >= 0.3 is 0 Å². The number of anilines is 1. The summed E-state index contributed by atoms with van der Waals surface area (Å²) in [5, 5.41) is 8.93. The molecule has 0 saturated carbocycles. The molecular weight excluding hydrogens is 323 g/mol. The second-order valence-electron chi connectivity index (χ2n) is 3.59. The van der Waals surface area contributed by atoms with E-state index in [1.807, 2.05) is 6.07 Å². The Morgan fingerprint density at radius 2 is 1.95 bits per heavy atom. The van der Waals surface area contributed by atoms with E-state index < -0.39 is 10.0 Å². The minimum absolute atomic E-state index is 0.00146. The maximum atomic E-state index is 12.2. The lowest BCUT2D eigenvalue weighted by molar-refractivity contribution is 0.601. The molecule has 9 heteroatoms. The summed E-state index contributed by atoms with van der Waals surface area (Å²) in [6.45, 7) is 0. The molecule has 1 N–H and O–H groups in total. The number of hydrogen-bond acceptors (Lipinski definition) is 5. The van der Waals surface area contributed by atoms with Gasteiger partial charge in [0.05, 0.1) is 29.0 Å². The Labute approximate surface area is 125 Å². The average molecular weight is 329 g/mol. The zero-order valence-electron chi connectivity index (χ0n) is 9.71. The number of halogens is 2. The zero-order valence-corrected chi connectivity index (χ0v) is 12.0. The highest BCUT2D eigenvalue weighted by Crippen LogP contribution is 2.24. The second kappa shape index (κ2) is 5.63. The molecule has 0 aliphatic heterocycles. The number of aromatic nitrogens is 2. The van der Waals surface area contributed by atoms with Crippen molar-refractivity contribution >= 4 is 39.0 Å². The van der Waals surface area contributed by atoms with Crippen molar-refractivity contribution in [3.8, 4) is 6.07 Å². The van der Waals surface area contributed by atoms with Crippen molar-refractivity contribution in [3.05, 3.63) is 46.3 Å². The zero-order chi connectivity index (χ0) is 14.8. The number of nitrogens with zero attached hydrogens (tertiary/aromatic N) is 3. The smallest absolute Gasteiger partial charge is 0.262 e. The van der Waals surface area contributed by atoms with Crippen LogP contribution in [0.2, 0.25) is 10.2 Å². The van der Waals surface area contributed by atoms with E-state index in [0.29, 0.717) is 0 Å². The first-order valence-electron chi connectivity index (χ1n) is 5.12. The lowest BCUT2D eigenvalue weighted by Crippen LogP contribution is -2.14. The molecule has 1 aromatic carbocycles. The quantitative estimate of drug-likeness (QED) is 0.933. The van der Waals surface area contributed by atoms with E-state index in [1.54, 1.807) is 0 Å². The Bertz CT molecular complexity index is 785. The summed E-state index contributed by atoms with van der Waals surface area (Å²) >= 11 is 11.4. The van der Waals surface area contributed by atoms with Gasteiger partial charge in [0.25, 0.3) is 10.0 Å². The van der Waals surface area contributed by atoms with Crippen molar-refractivity contribution in [2.75, 3.05) is 4.72 Å². The maximum absolute atomic E-state index is 12.2. The molecule has 102 valence electrons. The SMILES string of the molecule is N#Cc1ccc(Cl)c(S(=O)(=O)Nc2cnc(Cl)cn2)c1. The monoisotopic (exact) mass is 328 g/mol. The van der Waals surface area contributed by atoms with Crippen LogP contribution in [-0.4, -0.2) is 18.4 Å². The highest BCUT2D eigenvalue weighted by molar-refractivity contribution is 7.92. The van der Waals surface area contributed by atoms with Crippen molar-refractivity contribution in [1.82, 2.24) is 9.97 Å². The first-order valence-corrected chi connectivity index (χ1v) is 7.36. The molecule has 2 aromatic rings. The van der Waals surface area contributed by atoms with Gasteiger partial charge < -0.3 is 0 Å². The van der Waals surface area contributed by atoms with Gasteiger partial charge in [0.15, 0.2) is 5.82 Å². The van der Waals surface area contributed by atoms with Crippen molar-refractivity contribution in [2.24, 2.45) is 0 Å². The molecule has 0 fully saturated rings. The van der Waals surface area contributed by atoms with E-state index in [4.69, 9.17) is 28.5 Å². The van der Waals surface area contributed by atoms with Crippen LogP contribution < -0.4 is 4.72 Å². The third-order valence-corrected chi connectivity index (χ3v) is 4.24. The molecule has 0 aliphatic rings.